The number of unbranched alkanes of at least 4 members (excludes halogenated alkanes) is 1. The van der Waals surface area contributed by atoms with Crippen LogP contribution in [0.25, 0.3) is 0 Å². The molecule has 0 spiro atoms. The maximum absolute atomic E-state index is 11.6. The highest BCUT2D eigenvalue weighted by Crippen LogP contribution is 2.29. The summed E-state index contributed by atoms with van der Waals surface area (Å²) in [6.07, 6.45) is 1.82. The lowest BCUT2D eigenvalue weighted by Gasteiger charge is -2.23. The lowest BCUT2D eigenvalue weighted by Crippen LogP contribution is -2.28. The molecule has 21 heavy (non-hydrogen) atoms. The smallest absolute Gasteiger partial charge is 0.293 e. The van der Waals surface area contributed by atoms with E-state index in [0.29, 0.717) is 18.8 Å². The van der Waals surface area contributed by atoms with Gasteiger partial charge in [0.2, 0.25) is 0 Å². The molecule has 0 aliphatic rings. The summed E-state index contributed by atoms with van der Waals surface area (Å²) in [5.41, 5.74) is 0.545. The lowest BCUT2D eigenvalue weighted by molar-refractivity contribution is -0.384. The Morgan fingerprint density at radius 1 is 1.43 bits per heavy atom. The van der Waals surface area contributed by atoms with Crippen LogP contribution in [0.2, 0.25) is 0 Å². The van der Waals surface area contributed by atoms with E-state index in [1.54, 1.807) is 17.0 Å². The summed E-state index contributed by atoms with van der Waals surface area (Å²) in [7, 11) is 1.47. The fraction of sp³-hybridized carbons (Fsp3) is 0.500. The third-order valence-electron chi connectivity index (χ3n) is 3.15. The number of carbonyl (C=O) groups is 1. The van der Waals surface area contributed by atoms with Crippen LogP contribution in [0.4, 0.5) is 11.4 Å². The van der Waals surface area contributed by atoms with Crippen molar-refractivity contribution in [3.8, 4) is 0 Å². The van der Waals surface area contributed by atoms with E-state index in [2.05, 4.69) is 5.32 Å². The highest BCUT2D eigenvalue weighted by Gasteiger charge is 2.21. The van der Waals surface area contributed by atoms with Gasteiger partial charge in [-0.25, -0.2) is 0 Å². The number of aliphatic hydroxyl groups is 1. The van der Waals surface area contributed by atoms with Gasteiger partial charge in [0.15, 0.2) is 0 Å². The third-order valence-corrected chi connectivity index (χ3v) is 3.15. The minimum atomic E-state index is -0.502. The van der Waals surface area contributed by atoms with Crippen molar-refractivity contribution < 1.29 is 14.8 Å². The molecule has 0 aliphatic carbocycles. The number of aliphatic hydroxyl groups excluding tert-OH is 1. The Kier molecular flexibility index (Phi) is 6.61. The van der Waals surface area contributed by atoms with Crippen LogP contribution in [-0.4, -0.2) is 42.7 Å². The quantitative estimate of drug-likeness (QED) is 0.560. The number of nitrogens with one attached hydrogen (secondary N) is 1. The molecule has 0 aliphatic heterocycles. The summed E-state index contributed by atoms with van der Waals surface area (Å²) in [5.74, 6) is -0.369. The second-order valence-corrected chi connectivity index (χ2v) is 4.60. The van der Waals surface area contributed by atoms with E-state index >= 15 is 0 Å². The molecule has 1 aromatic carbocycles. The van der Waals surface area contributed by atoms with Crippen LogP contribution in [-0.2, 0) is 0 Å². The standard InChI is InChI=1S/C14H21N3O4/c1-3-4-7-16(8-9-18)12-6-5-11(14(19)15-2)10-13(12)17(20)21/h5-6,10,18H,3-4,7-9H2,1-2H3,(H,15,19). The summed E-state index contributed by atoms with van der Waals surface area (Å²) < 4.78 is 0. The first-order valence-electron chi connectivity index (χ1n) is 6.91. The molecule has 1 aromatic rings. The van der Waals surface area contributed by atoms with Gasteiger partial charge in [0.05, 0.1) is 11.5 Å². The van der Waals surface area contributed by atoms with Crippen molar-refractivity contribution in [3.63, 3.8) is 0 Å². The Morgan fingerprint density at radius 3 is 2.67 bits per heavy atom. The van der Waals surface area contributed by atoms with Crippen molar-refractivity contribution >= 4 is 17.3 Å². The molecule has 1 rings (SSSR count). The zero-order chi connectivity index (χ0) is 15.8. The van der Waals surface area contributed by atoms with Gasteiger partial charge in [-0.05, 0) is 18.6 Å². The van der Waals surface area contributed by atoms with E-state index < -0.39 is 4.92 Å². The largest absolute Gasteiger partial charge is 0.395 e. The highest BCUT2D eigenvalue weighted by molar-refractivity contribution is 5.95. The predicted octanol–water partition coefficient (Wildman–Crippen LogP) is 1.55. The van der Waals surface area contributed by atoms with Crippen molar-refractivity contribution in [1.82, 2.24) is 5.32 Å². The SMILES string of the molecule is CCCCN(CCO)c1ccc(C(=O)NC)cc1[N+](=O)[O-]. The number of nitrogens with zero attached hydrogens (tertiary/aromatic N) is 2. The molecule has 116 valence electrons. The second-order valence-electron chi connectivity index (χ2n) is 4.60. The average molecular weight is 295 g/mol. The van der Waals surface area contributed by atoms with E-state index in [1.165, 1.54) is 13.1 Å². The zero-order valence-corrected chi connectivity index (χ0v) is 12.3. The molecule has 0 aromatic heterocycles. The van der Waals surface area contributed by atoms with Gasteiger partial charge in [0.1, 0.15) is 5.69 Å². The highest BCUT2D eigenvalue weighted by atomic mass is 16.6. The van der Waals surface area contributed by atoms with E-state index in [0.717, 1.165) is 12.8 Å². The van der Waals surface area contributed by atoms with E-state index in [-0.39, 0.29) is 23.8 Å². The van der Waals surface area contributed by atoms with Gasteiger partial charge in [-0.15, -0.1) is 0 Å². The van der Waals surface area contributed by atoms with Crippen LogP contribution in [0.15, 0.2) is 18.2 Å². The van der Waals surface area contributed by atoms with Gasteiger partial charge in [-0.2, -0.15) is 0 Å². The normalized spacial score (nSPS) is 10.2. The third kappa shape index (κ3) is 4.42. The molecule has 0 atom stereocenters. The molecule has 7 nitrogen and oxygen atoms in total. The van der Waals surface area contributed by atoms with Crippen molar-refractivity contribution in [2.45, 2.75) is 19.8 Å². The molecule has 0 saturated heterocycles. The molecule has 0 radical (unpaired) electrons. The Labute approximate surface area is 123 Å². The lowest BCUT2D eigenvalue weighted by atomic mass is 10.1. The van der Waals surface area contributed by atoms with Crippen molar-refractivity contribution in [3.05, 3.63) is 33.9 Å². The summed E-state index contributed by atoms with van der Waals surface area (Å²) in [4.78, 5) is 24.1. The number of nitro groups is 1. The van der Waals surface area contributed by atoms with Gasteiger partial charge >= 0.3 is 0 Å². The first kappa shape index (κ1) is 16.9. The Hall–Kier alpha value is -2.15. The monoisotopic (exact) mass is 295 g/mol. The number of hydrogen-bond donors (Lipinski definition) is 2. The van der Waals surface area contributed by atoms with Crippen molar-refractivity contribution in [1.29, 1.82) is 0 Å². The number of nitro benzene ring substituents is 1. The molecule has 1 amide bonds. The Morgan fingerprint density at radius 2 is 2.14 bits per heavy atom. The van der Waals surface area contributed by atoms with Crippen molar-refractivity contribution in [2.24, 2.45) is 0 Å². The van der Waals surface area contributed by atoms with Gasteiger partial charge in [0, 0.05) is 31.8 Å². The number of hydrogen-bond acceptors (Lipinski definition) is 5. The molecule has 0 bridgehead atoms. The zero-order valence-electron chi connectivity index (χ0n) is 12.3. The number of anilines is 1. The van der Waals surface area contributed by atoms with Gasteiger partial charge in [-0.1, -0.05) is 13.3 Å². The molecular formula is C14H21N3O4. The topological polar surface area (TPSA) is 95.7 Å². The summed E-state index contributed by atoms with van der Waals surface area (Å²) >= 11 is 0. The minimum Gasteiger partial charge on any atom is -0.395 e. The van der Waals surface area contributed by atoms with E-state index in [4.69, 9.17) is 5.11 Å². The summed E-state index contributed by atoms with van der Waals surface area (Å²) in [6, 6.07) is 4.38. The predicted molar refractivity (Wildman–Crippen MR) is 80.7 cm³/mol. The summed E-state index contributed by atoms with van der Waals surface area (Å²) in [5, 5.41) is 22.8. The second kappa shape index (κ2) is 8.21. The molecule has 7 heteroatoms. The molecule has 0 unspecified atom stereocenters. The molecule has 0 heterocycles. The van der Waals surface area contributed by atoms with Crippen LogP contribution in [0.1, 0.15) is 30.1 Å². The molecule has 0 fully saturated rings. The minimum absolute atomic E-state index is 0.0853. The van der Waals surface area contributed by atoms with Crippen LogP contribution in [0.3, 0.4) is 0 Å². The van der Waals surface area contributed by atoms with Crippen LogP contribution in [0, 0.1) is 10.1 Å². The van der Waals surface area contributed by atoms with E-state index in [9.17, 15) is 14.9 Å². The fourth-order valence-corrected chi connectivity index (χ4v) is 2.05. The fourth-order valence-electron chi connectivity index (χ4n) is 2.05. The number of carbonyl (C=O) groups excluding carboxylic acids is 1. The number of rotatable bonds is 8. The molecule has 2 N–H and O–H groups in total. The van der Waals surface area contributed by atoms with Crippen LogP contribution < -0.4 is 10.2 Å². The van der Waals surface area contributed by atoms with Crippen molar-refractivity contribution in [2.75, 3.05) is 31.6 Å². The van der Waals surface area contributed by atoms with E-state index in [1.807, 2.05) is 6.92 Å². The first-order valence-corrected chi connectivity index (χ1v) is 6.91. The average Bonchev–Trinajstić information content (AvgIpc) is 2.50. The van der Waals surface area contributed by atoms with Gasteiger partial charge in [-0.3, -0.25) is 14.9 Å². The first-order chi connectivity index (χ1) is 10.0. The maximum atomic E-state index is 11.6. The Balaban J connectivity index is 3.19. The number of benzene rings is 1. The van der Waals surface area contributed by atoms with Gasteiger partial charge in [0.25, 0.3) is 11.6 Å². The molecule has 0 saturated carbocycles. The van der Waals surface area contributed by atoms with Crippen LogP contribution >= 0.6 is 0 Å². The summed E-state index contributed by atoms with van der Waals surface area (Å²) in [6.45, 7) is 2.88. The van der Waals surface area contributed by atoms with Crippen LogP contribution in [0.5, 0.6) is 0 Å². The molecular weight excluding hydrogens is 274 g/mol. The van der Waals surface area contributed by atoms with Gasteiger partial charge < -0.3 is 15.3 Å². The Bertz CT molecular complexity index is 505. The number of amides is 1. The maximum Gasteiger partial charge on any atom is 0.293 e.